The lowest BCUT2D eigenvalue weighted by molar-refractivity contribution is -0.118. The van der Waals surface area contributed by atoms with Crippen LogP contribution in [0.1, 0.15) is 24.5 Å². The van der Waals surface area contributed by atoms with E-state index in [2.05, 4.69) is 28.1 Å². The molecule has 2 aromatic rings. The van der Waals surface area contributed by atoms with Crippen LogP contribution >= 0.6 is 0 Å². The first kappa shape index (κ1) is 16.2. The van der Waals surface area contributed by atoms with Crippen molar-refractivity contribution in [3.05, 3.63) is 59.7 Å². The fraction of sp³-hybridized carbons (Fsp3) is 0.263. The number of benzene rings is 2. The molecule has 1 heterocycles. The Bertz CT molecular complexity index is 741. The predicted octanol–water partition coefficient (Wildman–Crippen LogP) is 2.69. The molecule has 0 fully saturated rings. The van der Waals surface area contributed by atoms with Gasteiger partial charge >= 0.3 is 0 Å². The molecule has 0 radical (unpaired) electrons. The van der Waals surface area contributed by atoms with E-state index >= 15 is 0 Å². The Balaban J connectivity index is 1.60. The average molecular weight is 323 g/mol. The first-order valence-electron chi connectivity index (χ1n) is 8.16. The molecule has 3 N–H and O–H groups in total. The van der Waals surface area contributed by atoms with E-state index in [0.717, 1.165) is 11.4 Å². The van der Waals surface area contributed by atoms with Crippen molar-refractivity contribution >= 4 is 23.2 Å². The van der Waals surface area contributed by atoms with E-state index in [0.29, 0.717) is 19.4 Å². The van der Waals surface area contributed by atoms with Crippen molar-refractivity contribution in [1.29, 1.82) is 0 Å². The number of hydrogen-bond acceptors (Lipinski definition) is 3. The minimum atomic E-state index is -0.237. The number of carbonyl (C=O) groups excluding carboxylic acids is 2. The molecule has 24 heavy (non-hydrogen) atoms. The second-order valence-electron chi connectivity index (χ2n) is 5.87. The van der Waals surface area contributed by atoms with Crippen molar-refractivity contribution in [2.24, 2.45) is 0 Å². The highest BCUT2D eigenvalue weighted by atomic mass is 16.2. The van der Waals surface area contributed by atoms with Crippen LogP contribution in [-0.4, -0.2) is 17.9 Å². The second kappa shape index (κ2) is 7.27. The molecule has 1 aliphatic rings. The minimum Gasteiger partial charge on any atom is -0.326 e. The zero-order chi connectivity index (χ0) is 16.9. The fourth-order valence-corrected chi connectivity index (χ4v) is 2.76. The van der Waals surface area contributed by atoms with Gasteiger partial charge in [0.25, 0.3) is 0 Å². The summed E-state index contributed by atoms with van der Waals surface area (Å²) in [6.07, 6.45) is 1.12. The Morgan fingerprint density at radius 3 is 2.29 bits per heavy atom. The summed E-state index contributed by atoms with van der Waals surface area (Å²) in [4.78, 5) is 23.8. The van der Waals surface area contributed by atoms with Crippen LogP contribution in [0.4, 0.5) is 11.4 Å². The van der Waals surface area contributed by atoms with Gasteiger partial charge < -0.3 is 16.0 Å². The molecule has 1 aliphatic heterocycles. The molecule has 2 aromatic carbocycles. The maximum absolute atomic E-state index is 12.4. The highest BCUT2D eigenvalue weighted by Crippen LogP contribution is 2.18. The Kier molecular flexibility index (Phi) is 4.91. The molecule has 0 spiro atoms. The second-order valence-corrected chi connectivity index (χ2v) is 5.87. The molecule has 0 bridgehead atoms. The SMILES string of the molecule is CCC(=O)Nc1ccc(NC(=O)C2Cc3ccccc3CN2)cc1. The highest BCUT2D eigenvalue weighted by Gasteiger charge is 2.23. The van der Waals surface area contributed by atoms with E-state index in [1.165, 1.54) is 11.1 Å². The van der Waals surface area contributed by atoms with Crippen molar-refractivity contribution in [1.82, 2.24) is 5.32 Å². The Labute approximate surface area is 141 Å². The van der Waals surface area contributed by atoms with E-state index < -0.39 is 0 Å². The monoisotopic (exact) mass is 323 g/mol. The van der Waals surface area contributed by atoms with Crippen LogP contribution in [0.5, 0.6) is 0 Å². The van der Waals surface area contributed by atoms with Gasteiger partial charge in [-0.1, -0.05) is 31.2 Å². The lowest BCUT2D eigenvalue weighted by Crippen LogP contribution is -2.44. The van der Waals surface area contributed by atoms with Crippen molar-refractivity contribution in [2.45, 2.75) is 32.4 Å². The molecule has 1 atom stereocenters. The van der Waals surface area contributed by atoms with Crippen LogP contribution < -0.4 is 16.0 Å². The summed E-state index contributed by atoms with van der Waals surface area (Å²) in [6, 6.07) is 15.1. The number of hydrogen-bond donors (Lipinski definition) is 3. The predicted molar refractivity (Wildman–Crippen MR) is 94.8 cm³/mol. The van der Waals surface area contributed by atoms with E-state index in [1.54, 1.807) is 31.2 Å². The minimum absolute atomic E-state index is 0.0307. The maximum atomic E-state index is 12.4. The van der Waals surface area contributed by atoms with E-state index in [4.69, 9.17) is 0 Å². The molecule has 0 aromatic heterocycles. The Hall–Kier alpha value is -2.66. The van der Waals surface area contributed by atoms with Crippen LogP contribution in [0.25, 0.3) is 0 Å². The van der Waals surface area contributed by atoms with Gasteiger partial charge in [-0.15, -0.1) is 0 Å². The van der Waals surface area contributed by atoms with Crippen molar-refractivity contribution in [3.63, 3.8) is 0 Å². The Morgan fingerprint density at radius 1 is 1.00 bits per heavy atom. The summed E-state index contributed by atoms with van der Waals surface area (Å²) in [5, 5.41) is 8.98. The third kappa shape index (κ3) is 3.81. The van der Waals surface area contributed by atoms with Gasteiger partial charge in [0, 0.05) is 24.3 Å². The van der Waals surface area contributed by atoms with Crippen LogP contribution in [0, 0.1) is 0 Å². The molecular weight excluding hydrogens is 302 g/mol. The van der Waals surface area contributed by atoms with E-state index in [1.807, 2.05) is 12.1 Å². The topological polar surface area (TPSA) is 70.2 Å². The number of amides is 2. The average Bonchev–Trinajstić information content (AvgIpc) is 2.62. The number of carbonyl (C=O) groups is 2. The number of anilines is 2. The molecule has 0 aliphatic carbocycles. The van der Waals surface area contributed by atoms with Gasteiger partial charge in [0.1, 0.15) is 0 Å². The third-order valence-electron chi connectivity index (χ3n) is 4.16. The third-order valence-corrected chi connectivity index (χ3v) is 4.16. The quantitative estimate of drug-likeness (QED) is 0.810. The number of rotatable bonds is 4. The van der Waals surface area contributed by atoms with Gasteiger partial charge in [0.15, 0.2) is 0 Å². The first-order valence-corrected chi connectivity index (χ1v) is 8.16. The summed E-state index contributed by atoms with van der Waals surface area (Å²) < 4.78 is 0. The van der Waals surface area contributed by atoms with E-state index in [-0.39, 0.29) is 17.9 Å². The van der Waals surface area contributed by atoms with Gasteiger partial charge in [0.05, 0.1) is 6.04 Å². The molecule has 1 unspecified atom stereocenters. The normalized spacial score (nSPS) is 16.1. The standard InChI is InChI=1S/C19H21N3O2/c1-2-18(23)21-15-7-9-16(10-8-15)22-19(24)17-11-13-5-3-4-6-14(13)12-20-17/h3-10,17,20H,2,11-12H2,1H3,(H,21,23)(H,22,24). The molecule has 5 nitrogen and oxygen atoms in total. The fourth-order valence-electron chi connectivity index (χ4n) is 2.76. The van der Waals surface area contributed by atoms with Gasteiger partial charge in [-0.25, -0.2) is 0 Å². The first-order chi connectivity index (χ1) is 11.7. The zero-order valence-corrected chi connectivity index (χ0v) is 13.6. The maximum Gasteiger partial charge on any atom is 0.241 e. The summed E-state index contributed by atoms with van der Waals surface area (Å²) in [5.74, 6) is -0.0771. The molecule has 5 heteroatoms. The molecule has 2 amide bonds. The largest absolute Gasteiger partial charge is 0.326 e. The molecule has 3 rings (SSSR count). The summed E-state index contributed by atoms with van der Waals surface area (Å²) in [5.41, 5.74) is 3.91. The van der Waals surface area contributed by atoms with Crippen molar-refractivity contribution in [2.75, 3.05) is 10.6 Å². The Morgan fingerprint density at radius 2 is 1.62 bits per heavy atom. The molecule has 0 saturated heterocycles. The summed E-state index contributed by atoms with van der Waals surface area (Å²) in [7, 11) is 0. The highest BCUT2D eigenvalue weighted by molar-refractivity contribution is 5.96. The summed E-state index contributed by atoms with van der Waals surface area (Å²) >= 11 is 0. The van der Waals surface area contributed by atoms with E-state index in [9.17, 15) is 9.59 Å². The van der Waals surface area contributed by atoms with Crippen LogP contribution in [-0.2, 0) is 22.6 Å². The molecule has 0 saturated carbocycles. The van der Waals surface area contributed by atoms with Crippen LogP contribution in [0.2, 0.25) is 0 Å². The number of fused-ring (bicyclic) bond motifs is 1. The lowest BCUT2D eigenvalue weighted by atomic mass is 9.95. The van der Waals surface area contributed by atoms with Crippen LogP contribution in [0.3, 0.4) is 0 Å². The molecule has 124 valence electrons. The van der Waals surface area contributed by atoms with Gasteiger partial charge in [-0.2, -0.15) is 0 Å². The van der Waals surface area contributed by atoms with Gasteiger partial charge in [0.2, 0.25) is 11.8 Å². The molecular formula is C19H21N3O2. The van der Waals surface area contributed by atoms with Crippen molar-refractivity contribution < 1.29 is 9.59 Å². The van der Waals surface area contributed by atoms with Gasteiger partial charge in [-0.05, 0) is 41.8 Å². The van der Waals surface area contributed by atoms with Crippen LogP contribution in [0.15, 0.2) is 48.5 Å². The van der Waals surface area contributed by atoms with Gasteiger partial charge in [-0.3, -0.25) is 9.59 Å². The van der Waals surface area contributed by atoms with Crippen molar-refractivity contribution in [3.8, 4) is 0 Å². The summed E-state index contributed by atoms with van der Waals surface area (Å²) in [6.45, 7) is 2.51. The number of nitrogens with one attached hydrogen (secondary N) is 3. The lowest BCUT2D eigenvalue weighted by Gasteiger charge is -2.25. The smallest absolute Gasteiger partial charge is 0.241 e. The zero-order valence-electron chi connectivity index (χ0n) is 13.6.